The summed E-state index contributed by atoms with van der Waals surface area (Å²) in [6, 6.07) is 6.56. The number of hydrogen-bond acceptors (Lipinski definition) is 6. The van der Waals surface area contributed by atoms with E-state index in [2.05, 4.69) is 10.5 Å². The Kier molecular flexibility index (Phi) is 5.27. The minimum atomic E-state index is -4.67. The van der Waals surface area contributed by atoms with Gasteiger partial charge in [0.2, 0.25) is 10.7 Å². The van der Waals surface area contributed by atoms with Crippen molar-refractivity contribution in [2.24, 2.45) is 0 Å². The summed E-state index contributed by atoms with van der Waals surface area (Å²) in [5, 5.41) is 6.08. The number of nitrogens with two attached hydrogens (primary N) is 1. The second-order valence-corrected chi connectivity index (χ2v) is 7.06. The lowest BCUT2D eigenvalue weighted by Crippen LogP contribution is -2.15. The number of Topliss-reactive ketones (excluding diaryl/α,β-unsaturated/α-hetero) is 1. The van der Waals surface area contributed by atoms with Gasteiger partial charge in [0.15, 0.2) is 5.78 Å². The van der Waals surface area contributed by atoms with Crippen LogP contribution < -0.4 is 11.2 Å². The van der Waals surface area contributed by atoms with Crippen LogP contribution in [0, 0.1) is 4.77 Å². The van der Waals surface area contributed by atoms with Crippen LogP contribution in [0.2, 0.25) is 5.02 Å². The van der Waals surface area contributed by atoms with E-state index in [1.165, 1.54) is 22.1 Å². The summed E-state index contributed by atoms with van der Waals surface area (Å²) in [5.74, 6) is -0.609. The highest BCUT2D eigenvalue weighted by Crippen LogP contribution is 2.35. The summed E-state index contributed by atoms with van der Waals surface area (Å²) >= 11 is 12.2. The molecule has 0 saturated carbocycles. The summed E-state index contributed by atoms with van der Waals surface area (Å²) in [4.78, 5) is 12.4. The first-order valence-electron chi connectivity index (χ1n) is 7.32. The van der Waals surface area contributed by atoms with Crippen LogP contribution in [-0.4, -0.2) is 20.2 Å². The normalized spacial score (nSPS) is 11.6. The zero-order valence-corrected chi connectivity index (χ0v) is 15.7. The molecule has 2 heterocycles. The lowest BCUT2D eigenvalue weighted by Gasteiger charge is -2.10. The molecule has 2 aromatic heterocycles. The molecule has 0 radical (unpaired) electrons. The summed E-state index contributed by atoms with van der Waals surface area (Å²) in [7, 11) is 0. The molecule has 6 nitrogen and oxygen atoms in total. The van der Waals surface area contributed by atoms with E-state index in [0.29, 0.717) is 6.07 Å². The Labute approximate surface area is 164 Å². The third-order valence-electron chi connectivity index (χ3n) is 3.49. The Hall–Kier alpha value is -2.37. The smallest absolute Gasteiger partial charge is 0.366 e. The third-order valence-corrected chi connectivity index (χ3v) is 4.99. The van der Waals surface area contributed by atoms with Crippen molar-refractivity contribution in [3.8, 4) is 0 Å². The van der Waals surface area contributed by atoms with E-state index >= 15 is 0 Å². The van der Waals surface area contributed by atoms with Crippen molar-refractivity contribution >= 4 is 51.9 Å². The van der Waals surface area contributed by atoms with Gasteiger partial charge >= 0.3 is 6.18 Å². The van der Waals surface area contributed by atoms with E-state index in [1.54, 1.807) is 6.07 Å². The zero-order chi connectivity index (χ0) is 19.8. The molecular formula is C15H11ClF3N5OS2. The fraction of sp³-hybridized carbons (Fsp3) is 0.133. The van der Waals surface area contributed by atoms with Gasteiger partial charge in [0.25, 0.3) is 0 Å². The molecule has 0 amide bonds. The molecule has 3 N–H and O–H groups in total. The number of rotatable bonds is 5. The topological polar surface area (TPSA) is 77.9 Å². The minimum absolute atomic E-state index is 0.00767. The molecule has 3 aromatic rings. The number of anilines is 2. The molecule has 0 aliphatic carbocycles. The molecule has 0 spiro atoms. The molecule has 0 atom stereocenters. The Bertz CT molecular complexity index is 1040. The maximum atomic E-state index is 13.0. The van der Waals surface area contributed by atoms with E-state index < -0.39 is 22.5 Å². The van der Waals surface area contributed by atoms with Crippen LogP contribution in [-0.2, 0) is 12.7 Å². The van der Waals surface area contributed by atoms with Crippen molar-refractivity contribution in [3.63, 3.8) is 0 Å². The van der Waals surface area contributed by atoms with E-state index in [9.17, 15) is 18.0 Å². The molecule has 27 heavy (non-hydrogen) atoms. The van der Waals surface area contributed by atoms with Crippen LogP contribution in [0.5, 0.6) is 0 Å². The van der Waals surface area contributed by atoms with Crippen molar-refractivity contribution in [1.29, 1.82) is 0 Å². The van der Waals surface area contributed by atoms with E-state index in [1.807, 2.05) is 11.4 Å². The van der Waals surface area contributed by atoms with Crippen molar-refractivity contribution in [2.75, 3.05) is 11.2 Å². The van der Waals surface area contributed by atoms with Crippen LogP contribution >= 0.6 is 35.2 Å². The molecule has 12 heteroatoms. The first-order chi connectivity index (χ1) is 12.7. The lowest BCUT2D eigenvalue weighted by molar-refractivity contribution is -0.137. The first kappa shape index (κ1) is 19.4. The Morgan fingerprint density at radius 2 is 2.11 bits per heavy atom. The Morgan fingerprint density at radius 1 is 1.37 bits per heavy atom. The standard InChI is InChI=1S/C15H11ClF3N5OS2/c16-10-4-3-8(6-9(10)15(17,18)19)11(25)7-23-14(26)24(13(20)22-23)21-12-2-1-5-27-12/h1-6,21H,7H2,(H2,20,22). The van der Waals surface area contributed by atoms with Gasteiger partial charge in [0, 0.05) is 5.56 Å². The number of carbonyl (C=O) groups excluding carboxylic acids is 1. The molecule has 3 rings (SSSR count). The van der Waals surface area contributed by atoms with Gasteiger partial charge in [-0.2, -0.15) is 17.8 Å². The number of hydrogen-bond donors (Lipinski definition) is 2. The number of aromatic nitrogens is 3. The number of alkyl halides is 3. The van der Waals surface area contributed by atoms with Crippen molar-refractivity contribution in [2.45, 2.75) is 12.7 Å². The summed E-state index contributed by atoms with van der Waals surface area (Å²) in [6.45, 7) is -0.374. The van der Waals surface area contributed by atoms with Gasteiger partial charge in [0.1, 0.15) is 11.5 Å². The van der Waals surface area contributed by atoms with Crippen molar-refractivity contribution in [3.05, 3.63) is 56.6 Å². The molecule has 0 bridgehead atoms. The molecule has 0 unspecified atom stereocenters. The monoisotopic (exact) mass is 433 g/mol. The fourth-order valence-corrected chi connectivity index (χ4v) is 3.30. The van der Waals surface area contributed by atoms with Crippen LogP contribution in [0.25, 0.3) is 0 Å². The second kappa shape index (κ2) is 7.33. The molecule has 0 saturated heterocycles. The van der Waals surface area contributed by atoms with Gasteiger partial charge in [-0.25, -0.2) is 4.68 Å². The van der Waals surface area contributed by atoms with Gasteiger partial charge in [-0.3, -0.25) is 10.2 Å². The van der Waals surface area contributed by atoms with Gasteiger partial charge in [-0.1, -0.05) is 11.6 Å². The number of nitrogens with one attached hydrogen (secondary N) is 1. The van der Waals surface area contributed by atoms with Crippen molar-refractivity contribution < 1.29 is 18.0 Å². The van der Waals surface area contributed by atoms with Crippen LogP contribution in [0.3, 0.4) is 0 Å². The lowest BCUT2D eigenvalue weighted by atomic mass is 10.1. The number of ketones is 1. The van der Waals surface area contributed by atoms with E-state index in [0.717, 1.165) is 15.7 Å². The van der Waals surface area contributed by atoms with Gasteiger partial charge in [-0.05, 0) is 47.9 Å². The fourth-order valence-electron chi connectivity index (χ4n) is 2.23. The maximum Gasteiger partial charge on any atom is 0.417 e. The first-order valence-corrected chi connectivity index (χ1v) is 8.99. The van der Waals surface area contributed by atoms with E-state index in [4.69, 9.17) is 29.6 Å². The summed E-state index contributed by atoms with van der Waals surface area (Å²) in [5.41, 5.74) is 7.50. The largest absolute Gasteiger partial charge is 0.417 e. The number of nitrogen functional groups attached to an aromatic ring is 1. The quantitative estimate of drug-likeness (QED) is 0.458. The predicted molar refractivity (Wildman–Crippen MR) is 99.6 cm³/mol. The number of carbonyl (C=O) groups is 1. The van der Waals surface area contributed by atoms with Gasteiger partial charge in [0.05, 0.1) is 10.6 Å². The Balaban J connectivity index is 1.86. The predicted octanol–water partition coefficient (Wildman–Crippen LogP) is 4.49. The maximum absolute atomic E-state index is 13.0. The number of nitrogens with zero attached hydrogens (tertiary/aromatic N) is 3. The van der Waals surface area contributed by atoms with E-state index in [-0.39, 0.29) is 22.8 Å². The van der Waals surface area contributed by atoms with Crippen LogP contribution in [0.1, 0.15) is 15.9 Å². The second-order valence-electron chi connectivity index (χ2n) is 5.34. The third kappa shape index (κ3) is 4.15. The highest BCUT2D eigenvalue weighted by molar-refractivity contribution is 7.71. The average molecular weight is 434 g/mol. The van der Waals surface area contributed by atoms with Crippen molar-refractivity contribution in [1.82, 2.24) is 14.5 Å². The summed E-state index contributed by atoms with van der Waals surface area (Å²) in [6.07, 6.45) is -4.67. The Morgan fingerprint density at radius 3 is 2.74 bits per heavy atom. The highest BCUT2D eigenvalue weighted by atomic mass is 35.5. The van der Waals surface area contributed by atoms with Crippen LogP contribution in [0.15, 0.2) is 35.7 Å². The van der Waals surface area contributed by atoms with Gasteiger partial charge in [-0.15, -0.1) is 16.4 Å². The number of halogens is 4. The number of thiophene rings is 1. The molecule has 0 aliphatic rings. The molecule has 1 aromatic carbocycles. The molecule has 0 aliphatic heterocycles. The SMILES string of the molecule is Nc1nn(CC(=O)c2ccc(Cl)c(C(F)(F)F)c2)c(=S)n1Nc1cccs1. The molecule has 142 valence electrons. The highest BCUT2D eigenvalue weighted by Gasteiger charge is 2.33. The molecule has 0 fully saturated rings. The number of benzene rings is 1. The van der Waals surface area contributed by atoms with Gasteiger partial charge < -0.3 is 5.73 Å². The van der Waals surface area contributed by atoms with Crippen LogP contribution in [0.4, 0.5) is 24.1 Å². The minimum Gasteiger partial charge on any atom is -0.366 e. The zero-order valence-electron chi connectivity index (χ0n) is 13.3. The molecular weight excluding hydrogens is 423 g/mol. The summed E-state index contributed by atoms with van der Waals surface area (Å²) < 4.78 is 41.4. The average Bonchev–Trinajstić information content (AvgIpc) is 3.18.